The molecule has 7 heteroatoms. The van der Waals surface area contributed by atoms with Gasteiger partial charge in [0.1, 0.15) is 5.82 Å². The van der Waals surface area contributed by atoms with E-state index in [1.165, 1.54) is 0 Å². The zero-order valence-corrected chi connectivity index (χ0v) is 13.7. The Bertz CT molecular complexity index is 951. The number of para-hydroxylation sites is 1. The average molecular weight is 343 g/mol. The number of hydrogen-bond donors (Lipinski definition) is 2. The molecule has 1 heterocycles. The number of halogens is 1. The lowest BCUT2D eigenvalue weighted by atomic mass is 10.2. The summed E-state index contributed by atoms with van der Waals surface area (Å²) in [5.41, 5.74) is 3.62. The highest BCUT2D eigenvalue weighted by atomic mass is 35.5. The van der Waals surface area contributed by atoms with Crippen LogP contribution in [0, 0.1) is 6.92 Å². The molecule has 1 aromatic heterocycles. The van der Waals surface area contributed by atoms with Crippen LogP contribution in [0.1, 0.15) is 5.82 Å². The molecule has 0 aliphatic rings. The van der Waals surface area contributed by atoms with Crippen LogP contribution in [-0.4, -0.2) is 22.1 Å². The van der Waals surface area contributed by atoms with E-state index in [-0.39, 0.29) is 18.0 Å². The molecule has 0 saturated heterocycles. The van der Waals surface area contributed by atoms with Crippen molar-refractivity contribution in [3.05, 3.63) is 69.7 Å². The van der Waals surface area contributed by atoms with Gasteiger partial charge in [-0.25, -0.2) is 9.66 Å². The third-order valence-corrected chi connectivity index (χ3v) is 3.73. The summed E-state index contributed by atoms with van der Waals surface area (Å²) in [7, 11) is 0. The molecule has 0 radical (unpaired) electrons. The molecule has 0 bridgehead atoms. The van der Waals surface area contributed by atoms with Crippen LogP contribution in [0.2, 0.25) is 5.02 Å². The largest absolute Gasteiger partial charge is 0.376 e. The van der Waals surface area contributed by atoms with Gasteiger partial charge >= 0.3 is 0 Å². The molecule has 2 N–H and O–H groups in total. The van der Waals surface area contributed by atoms with Gasteiger partial charge in [0.25, 0.3) is 11.5 Å². The van der Waals surface area contributed by atoms with Crippen LogP contribution in [0.25, 0.3) is 10.9 Å². The van der Waals surface area contributed by atoms with Crippen LogP contribution in [0.3, 0.4) is 0 Å². The number of hydrogen-bond acceptors (Lipinski definition) is 4. The van der Waals surface area contributed by atoms with Gasteiger partial charge in [-0.2, -0.15) is 0 Å². The van der Waals surface area contributed by atoms with Crippen LogP contribution in [0.15, 0.2) is 53.3 Å². The number of fused-ring (bicyclic) bond motifs is 1. The van der Waals surface area contributed by atoms with Crippen LogP contribution in [0.4, 0.5) is 5.69 Å². The molecule has 6 nitrogen and oxygen atoms in total. The second-order valence-electron chi connectivity index (χ2n) is 5.21. The molecule has 3 aromatic rings. The minimum Gasteiger partial charge on any atom is -0.376 e. The lowest BCUT2D eigenvalue weighted by molar-refractivity contribution is -0.115. The van der Waals surface area contributed by atoms with E-state index >= 15 is 0 Å². The van der Waals surface area contributed by atoms with E-state index in [0.717, 1.165) is 10.4 Å². The molecule has 0 fully saturated rings. The minimum atomic E-state index is -0.354. The summed E-state index contributed by atoms with van der Waals surface area (Å²) in [6, 6.07) is 14.0. The smallest absolute Gasteiger partial charge is 0.280 e. The summed E-state index contributed by atoms with van der Waals surface area (Å²) in [5.74, 6) is 0.0609. The summed E-state index contributed by atoms with van der Waals surface area (Å²) in [4.78, 5) is 28.9. The van der Waals surface area contributed by atoms with Crippen molar-refractivity contribution in [3.8, 4) is 0 Å². The van der Waals surface area contributed by atoms with E-state index in [9.17, 15) is 9.59 Å². The van der Waals surface area contributed by atoms with E-state index < -0.39 is 0 Å². The van der Waals surface area contributed by atoms with Gasteiger partial charge in [-0.1, -0.05) is 23.7 Å². The van der Waals surface area contributed by atoms with Gasteiger partial charge in [0.15, 0.2) is 0 Å². The monoisotopic (exact) mass is 342 g/mol. The lowest BCUT2D eigenvalue weighted by Crippen LogP contribution is -2.38. The number of benzene rings is 2. The fourth-order valence-corrected chi connectivity index (χ4v) is 2.42. The zero-order chi connectivity index (χ0) is 17.1. The van der Waals surface area contributed by atoms with E-state index in [1.807, 2.05) is 6.07 Å². The van der Waals surface area contributed by atoms with Gasteiger partial charge in [0, 0.05) is 10.7 Å². The SMILES string of the molecule is Cc1nc2ccccc2c(=O)n1NC(=O)CNc1ccc(Cl)cc1. The third kappa shape index (κ3) is 3.38. The Hall–Kier alpha value is -2.86. The lowest BCUT2D eigenvalue weighted by Gasteiger charge is -2.12. The first-order chi connectivity index (χ1) is 11.5. The second kappa shape index (κ2) is 6.72. The predicted molar refractivity (Wildman–Crippen MR) is 95.0 cm³/mol. The Kier molecular flexibility index (Phi) is 4.48. The fourth-order valence-electron chi connectivity index (χ4n) is 2.29. The first kappa shape index (κ1) is 16.0. The molecule has 122 valence electrons. The Morgan fingerprint density at radius 1 is 1.17 bits per heavy atom. The van der Waals surface area contributed by atoms with Crippen molar-refractivity contribution in [3.63, 3.8) is 0 Å². The molecular formula is C17H15ClN4O2. The molecule has 1 amide bonds. The van der Waals surface area contributed by atoms with E-state index in [1.54, 1.807) is 49.4 Å². The molecule has 0 aliphatic carbocycles. The number of nitrogens with one attached hydrogen (secondary N) is 2. The maximum absolute atomic E-state index is 12.5. The Morgan fingerprint density at radius 3 is 2.62 bits per heavy atom. The maximum atomic E-state index is 12.5. The standard InChI is InChI=1S/C17H15ClN4O2/c1-11-20-15-5-3-2-4-14(15)17(24)22(11)21-16(23)10-19-13-8-6-12(18)7-9-13/h2-9,19H,10H2,1H3,(H,21,23). The van der Waals surface area contributed by atoms with Crippen LogP contribution in [0.5, 0.6) is 0 Å². The highest BCUT2D eigenvalue weighted by Gasteiger charge is 2.10. The van der Waals surface area contributed by atoms with E-state index in [2.05, 4.69) is 15.7 Å². The summed E-state index contributed by atoms with van der Waals surface area (Å²) < 4.78 is 1.16. The normalized spacial score (nSPS) is 10.6. The van der Waals surface area contributed by atoms with Gasteiger partial charge < -0.3 is 5.32 Å². The summed E-state index contributed by atoms with van der Waals surface area (Å²) in [5, 5.41) is 4.03. The highest BCUT2D eigenvalue weighted by molar-refractivity contribution is 6.30. The van der Waals surface area contributed by atoms with Gasteiger partial charge in [-0.3, -0.25) is 15.0 Å². The molecule has 3 rings (SSSR count). The van der Waals surface area contributed by atoms with Gasteiger partial charge in [-0.15, -0.1) is 0 Å². The third-order valence-electron chi connectivity index (χ3n) is 3.48. The molecule has 24 heavy (non-hydrogen) atoms. The Morgan fingerprint density at radius 2 is 1.88 bits per heavy atom. The van der Waals surface area contributed by atoms with E-state index in [0.29, 0.717) is 21.7 Å². The van der Waals surface area contributed by atoms with Crippen LogP contribution < -0.4 is 16.3 Å². The number of aryl methyl sites for hydroxylation is 1. The quantitative estimate of drug-likeness (QED) is 0.764. The van der Waals surface area contributed by atoms with Gasteiger partial charge in [0.05, 0.1) is 17.4 Å². The Labute approximate surface area is 143 Å². The van der Waals surface area contributed by atoms with Gasteiger partial charge in [0.2, 0.25) is 0 Å². The van der Waals surface area contributed by atoms with Gasteiger partial charge in [-0.05, 0) is 43.3 Å². The molecular weight excluding hydrogens is 328 g/mol. The number of aromatic nitrogens is 2. The fraction of sp³-hybridized carbons (Fsp3) is 0.118. The molecule has 0 unspecified atom stereocenters. The van der Waals surface area contributed by atoms with Crippen molar-refractivity contribution < 1.29 is 4.79 Å². The average Bonchev–Trinajstić information content (AvgIpc) is 2.58. The van der Waals surface area contributed by atoms with Crippen LogP contribution in [-0.2, 0) is 4.79 Å². The zero-order valence-electron chi connectivity index (χ0n) is 12.9. The second-order valence-corrected chi connectivity index (χ2v) is 5.65. The molecule has 2 aromatic carbocycles. The highest BCUT2D eigenvalue weighted by Crippen LogP contribution is 2.13. The Balaban J connectivity index is 1.75. The number of carbonyl (C=O) groups excluding carboxylic acids is 1. The number of anilines is 1. The summed E-state index contributed by atoms with van der Waals surface area (Å²) in [6.07, 6.45) is 0. The number of rotatable bonds is 4. The molecule has 0 spiro atoms. The van der Waals surface area contributed by atoms with E-state index in [4.69, 9.17) is 11.6 Å². The van der Waals surface area contributed by atoms with Crippen molar-refractivity contribution in [2.75, 3.05) is 17.3 Å². The van der Waals surface area contributed by atoms with Crippen molar-refractivity contribution in [1.29, 1.82) is 0 Å². The minimum absolute atomic E-state index is 0.0142. The number of amides is 1. The van der Waals surface area contributed by atoms with Crippen molar-refractivity contribution in [1.82, 2.24) is 9.66 Å². The maximum Gasteiger partial charge on any atom is 0.280 e. The van der Waals surface area contributed by atoms with Crippen LogP contribution >= 0.6 is 11.6 Å². The molecule has 0 atom stereocenters. The van der Waals surface area contributed by atoms with Crippen molar-refractivity contribution in [2.45, 2.75) is 6.92 Å². The molecule has 0 saturated carbocycles. The summed E-state index contributed by atoms with van der Waals surface area (Å²) >= 11 is 5.81. The number of carbonyl (C=O) groups is 1. The summed E-state index contributed by atoms with van der Waals surface area (Å²) in [6.45, 7) is 1.68. The predicted octanol–water partition coefficient (Wildman–Crippen LogP) is 2.54. The first-order valence-electron chi connectivity index (χ1n) is 7.32. The topological polar surface area (TPSA) is 76.0 Å². The molecule has 0 aliphatic heterocycles. The van der Waals surface area contributed by atoms with Crippen molar-refractivity contribution in [2.24, 2.45) is 0 Å². The number of nitrogens with zero attached hydrogens (tertiary/aromatic N) is 2. The first-order valence-corrected chi connectivity index (χ1v) is 7.70. The van der Waals surface area contributed by atoms with Crippen molar-refractivity contribution >= 4 is 34.1 Å².